The van der Waals surface area contributed by atoms with E-state index in [0.29, 0.717) is 17.1 Å². The number of carbonyl (C=O) groups is 2. The second-order valence-electron chi connectivity index (χ2n) is 9.10. The van der Waals surface area contributed by atoms with Crippen LogP contribution in [0.4, 0.5) is 5.69 Å². The van der Waals surface area contributed by atoms with Crippen LogP contribution in [0.5, 0.6) is 0 Å². The molecule has 0 saturated carbocycles. The van der Waals surface area contributed by atoms with Crippen molar-refractivity contribution >= 4 is 45.0 Å². The van der Waals surface area contributed by atoms with Crippen LogP contribution < -0.4 is 4.90 Å². The minimum Gasteiger partial charge on any atom is -0.329 e. The van der Waals surface area contributed by atoms with Crippen molar-refractivity contribution in [2.45, 2.75) is 25.8 Å². The third-order valence-corrected chi connectivity index (χ3v) is 7.39. The Morgan fingerprint density at radius 3 is 2.43 bits per heavy atom. The average molecular weight is 577 g/mol. The fraction of sp³-hybridized carbons (Fsp3) is 0.200. The number of halogens is 2. The van der Waals surface area contributed by atoms with Crippen molar-refractivity contribution in [1.82, 2.24) is 9.47 Å². The van der Waals surface area contributed by atoms with Crippen molar-refractivity contribution in [2.24, 2.45) is 0 Å². The molecule has 1 unspecified atom stereocenters. The topological polar surface area (TPSA) is 45.6 Å². The number of nitrogens with zero attached hydrogens (tertiary/aromatic N) is 3. The van der Waals surface area contributed by atoms with Gasteiger partial charge in [0.1, 0.15) is 12.6 Å². The molecule has 4 aromatic rings. The minimum absolute atomic E-state index is 0.0233. The van der Waals surface area contributed by atoms with Crippen LogP contribution in [0.2, 0.25) is 5.02 Å². The van der Waals surface area contributed by atoms with E-state index in [9.17, 15) is 9.59 Å². The highest BCUT2D eigenvalue weighted by Crippen LogP contribution is 2.42. The van der Waals surface area contributed by atoms with E-state index in [2.05, 4.69) is 27.4 Å². The molecule has 0 aliphatic carbocycles. The molecular weight excluding hydrogens is 550 g/mol. The number of fused-ring (bicyclic) bond motifs is 3. The third kappa shape index (κ3) is 5.09. The summed E-state index contributed by atoms with van der Waals surface area (Å²) < 4.78 is 2.95. The van der Waals surface area contributed by atoms with E-state index < -0.39 is 0 Å². The lowest BCUT2D eigenvalue weighted by Gasteiger charge is -2.39. The van der Waals surface area contributed by atoms with Gasteiger partial charge < -0.3 is 9.47 Å². The van der Waals surface area contributed by atoms with Gasteiger partial charge in [0.2, 0.25) is 5.91 Å². The molecule has 0 spiro atoms. The van der Waals surface area contributed by atoms with Crippen molar-refractivity contribution in [3.8, 4) is 5.69 Å². The summed E-state index contributed by atoms with van der Waals surface area (Å²) in [7, 11) is 0. The number of hydrogen-bond donors (Lipinski definition) is 0. The van der Waals surface area contributed by atoms with E-state index in [1.165, 1.54) is 0 Å². The zero-order valence-electron chi connectivity index (χ0n) is 20.5. The molecule has 1 aromatic heterocycles. The summed E-state index contributed by atoms with van der Waals surface area (Å²) in [5.74, 6) is -0.292. The summed E-state index contributed by atoms with van der Waals surface area (Å²) in [6.45, 7) is 2.56. The standard InChI is InChI=1S/C30H27BrClN3O2/c1-2-3-17-33(30(37)22-8-6-9-23(31)19-22)20-28(36)35-26-11-5-4-10-25(26)34-18-7-12-27(34)29(35)21-13-15-24(32)16-14-21/h4-16,18-19,29H,2-3,17,20H2,1H3. The Labute approximate surface area is 230 Å². The summed E-state index contributed by atoms with van der Waals surface area (Å²) in [4.78, 5) is 31.2. The number of hydrogen-bond acceptors (Lipinski definition) is 2. The summed E-state index contributed by atoms with van der Waals surface area (Å²) in [5.41, 5.74) is 4.22. The van der Waals surface area contributed by atoms with Crippen molar-refractivity contribution in [2.75, 3.05) is 18.0 Å². The normalized spacial score (nSPS) is 14.1. The maximum Gasteiger partial charge on any atom is 0.254 e. The molecule has 0 radical (unpaired) electrons. The second-order valence-corrected chi connectivity index (χ2v) is 10.5. The van der Waals surface area contributed by atoms with Gasteiger partial charge in [-0.05, 0) is 66.6 Å². The Morgan fingerprint density at radius 2 is 1.70 bits per heavy atom. The molecule has 0 N–H and O–H groups in total. The highest BCUT2D eigenvalue weighted by molar-refractivity contribution is 9.10. The van der Waals surface area contributed by atoms with Gasteiger partial charge in [-0.15, -0.1) is 0 Å². The van der Waals surface area contributed by atoms with Gasteiger partial charge in [-0.3, -0.25) is 14.5 Å². The predicted octanol–water partition coefficient (Wildman–Crippen LogP) is 7.27. The number of unbranched alkanes of at least 4 members (excludes halogenated alkanes) is 1. The minimum atomic E-state index is -0.358. The molecule has 188 valence electrons. The van der Waals surface area contributed by atoms with Gasteiger partial charge in [0.05, 0.1) is 17.1 Å². The Balaban J connectivity index is 1.55. The fourth-order valence-electron chi connectivity index (χ4n) is 4.87. The molecular formula is C30H27BrClN3O2. The number of amides is 2. The van der Waals surface area contributed by atoms with Gasteiger partial charge in [-0.1, -0.05) is 71.2 Å². The van der Waals surface area contributed by atoms with Crippen LogP contribution in [0.1, 0.15) is 47.4 Å². The first kappa shape index (κ1) is 25.3. The molecule has 5 rings (SSSR count). The van der Waals surface area contributed by atoms with Crippen molar-refractivity contribution in [3.63, 3.8) is 0 Å². The smallest absolute Gasteiger partial charge is 0.254 e. The van der Waals surface area contributed by atoms with Crippen LogP contribution in [-0.4, -0.2) is 34.4 Å². The summed E-state index contributed by atoms with van der Waals surface area (Å²) >= 11 is 9.65. The Kier molecular flexibility index (Phi) is 7.49. The Hall–Kier alpha value is -3.35. The lowest BCUT2D eigenvalue weighted by molar-refractivity contribution is -0.119. The third-order valence-electron chi connectivity index (χ3n) is 6.64. The van der Waals surface area contributed by atoms with E-state index >= 15 is 0 Å². The SMILES string of the molecule is CCCCN(CC(=O)N1c2ccccc2-n2cccc2C1c1ccc(Cl)cc1)C(=O)c1cccc(Br)c1. The lowest BCUT2D eigenvalue weighted by Crippen LogP contribution is -2.47. The van der Waals surface area contributed by atoms with Crippen LogP contribution in [0.3, 0.4) is 0 Å². The van der Waals surface area contributed by atoms with Gasteiger partial charge in [-0.25, -0.2) is 0 Å². The van der Waals surface area contributed by atoms with Gasteiger partial charge in [0.15, 0.2) is 0 Å². The summed E-state index contributed by atoms with van der Waals surface area (Å²) in [6, 6.07) is 26.5. The monoisotopic (exact) mass is 575 g/mol. The fourth-order valence-corrected chi connectivity index (χ4v) is 5.39. The highest BCUT2D eigenvalue weighted by atomic mass is 79.9. The van der Waals surface area contributed by atoms with E-state index in [-0.39, 0.29) is 24.4 Å². The molecule has 1 atom stereocenters. The number of para-hydroxylation sites is 2. The van der Waals surface area contributed by atoms with Gasteiger partial charge >= 0.3 is 0 Å². The van der Waals surface area contributed by atoms with Crippen LogP contribution in [0.15, 0.2) is 95.6 Å². The average Bonchev–Trinajstić information content (AvgIpc) is 3.40. The quantitative estimate of drug-likeness (QED) is 0.232. The Bertz CT molecular complexity index is 1430. The van der Waals surface area contributed by atoms with E-state index in [0.717, 1.165) is 39.9 Å². The number of carbonyl (C=O) groups excluding carboxylic acids is 2. The highest BCUT2D eigenvalue weighted by Gasteiger charge is 2.37. The molecule has 0 bridgehead atoms. The maximum absolute atomic E-state index is 14.2. The van der Waals surface area contributed by atoms with E-state index in [1.807, 2.05) is 83.9 Å². The summed E-state index contributed by atoms with van der Waals surface area (Å²) in [6.07, 6.45) is 3.75. The first-order chi connectivity index (χ1) is 18.0. The summed E-state index contributed by atoms with van der Waals surface area (Å²) in [5, 5.41) is 0.638. The van der Waals surface area contributed by atoms with Crippen LogP contribution >= 0.6 is 27.5 Å². The maximum atomic E-state index is 14.2. The molecule has 1 aliphatic rings. The number of aromatic nitrogens is 1. The predicted molar refractivity (Wildman–Crippen MR) is 152 cm³/mol. The first-order valence-electron chi connectivity index (χ1n) is 12.4. The molecule has 37 heavy (non-hydrogen) atoms. The van der Waals surface area contributed by atoms with E-state index in [4.69, 9.17) is 11.6 Å². The van der Waals surface area contributed by atoms with Crippen LogP contribution in [0.25, 0.3) is 5.69 Å². The molecule has 2 heterocycles. The molecule has 2 amide bonds. The molecule has 5 nitrogen and oxygen atoms in total. The van der Waals surface area contributed by atoms with Crippen molar-refractivity contribution in [1.29, 1.82) is 0 Å². The number of benzene rings is 3. The van der Waals surface area contributed by atoms with Crippen LogP contribution in [0, 0.1) is 0 Å². The van der Waals surface area contributed by atoms with Crippen LogP contribution in [-0.2, 0) is 4.79 Å². The second kappa shape index (κ2) is 11.0. The van der Waals surface area contributed by atoms with Gasteiger partial charge in [-0.2, -0.15) is 0 Å². The van der Waals surface area contributed by atoms with Crippen molar-refractivity contribution in [3.05, 3.63) is 117 Å². The lowest BCUT2D eigenvalue weighted by atomic mass is 9.97. The molecule has 0 saturated heterocycles. The largest absolute Gasteiger partial charge is 0.329 e. The zero-order valence-corrected chi connectivity index (χ0v) is 22.8. The van der Waals surface area contributed by atoms with Gasteiger partial charge in [0, 0.05) is 27.8 Å². The van der Waals surface area contributed by atoms with E-state index in [1.54, 1.807) is 17.0 Å². The molecule has 1 aliphatic heterocycles. The van der Waals surface area contributed by atoms with Gasteiger partial charge in [0.25, 0.3) is 5.91 Å². The Morgan fingerprint density at radius 1 is 0.946 bits per heavy atom. The number of anilines is 1. The number of rotatable bonds is 7. The zero-order chi connectivity index (χ0) is 25.9. The first-order valence-corrected chi connectivity index (χ1v) is 13.5. The molecule has 7 heteroatoms. The van der Waals surface area contributed by atoms with Crippen molar-refractivity contribution < 1.29 is 9.59 Å². The molecule has 3 aromatic carbocycles. The molecule has 0 fully saturated rings.